The summed E-state index contributed by atoms with van der Waals surface area (Å²) in [6.07, 6.45) is 0.898. The number of carbonyl (C=O) groups excluding carboxylic acids is 1. The highest BCUT2D eigenvalue weighted by Crippen LogP contribution is 2.38. The van der Waals surface area contributed by atoms with Gasteiger partial charge in [0.25, 0.3) is 11.7 Å². The van der Waals surface area contributed by atoms with E-state index >= 15 is 0 Å². The van der Waals surface area contributed by atoms with E-state index in [0.29, 0.717) is 22.8 Å². The van der Waals surface area contributed by atoms with Crippen LogP contribution in [-0.2, 0) is 6.42 Å². The van der Waals surface area contributed by atoms with Gasteiger partial charge in [0, 0.05) is 6.42 Å². The Morgan fingerprint density at radius 2 is 1.68 bits per heavy atom. The highest BCUT2D eigenvalue weighted by Gasteiger charge is 2.31. The molecule has 1 amide bonds. The largest absolute Gasteiger partial charge is 0.493 e. The van der Waals surface area contributed by atoms with Crippen LogP contribution >= 0.6 is 0 Å². The SMILES string of the molecule is COc1cc(C(=O)NNC2=[NH+]C(C)(C)Cc3ccccc32)cc(OC)c1OC. The van der Waals surface area contributed by atoms with Crippen LogP contribution in [0.1, 0.15) is 35.3 Å². The van der Waals surface area contributed by atoms with E-state index in [0.717, 1.165) is 17.8 Å². The number of methoxy groups -OCH3 is 3. The molecule has 2 aromatic rings. The van der Waals surface area contributed by atoms with Gasteiger partial charge < -0.3 is 14.2 Å². The van der Waals surface area contributed by atoms with E-state index in [9.17, 15) is 4.79 Å². The summed E-state index contributed by atoms with van der Waals surface area (Å²) in [6, 6.07) is 11.3. The summed E-state index contributed by atoms with van der Waals surface area (Å²) in [7, 11) is 4.54. The number of hydrogen-bond donors (Lipinski definition) is 3. The second kappa shape index (κ2) is 7.80. The molecule has 3 rings (SSSR count). The summed E-state index contributed by atoms with van der Waals surface area (Å²) in [5.41, 5.74) is 8.28. The number of hydrazine groups is 1. The zero-order valence-electron chi connectivity index (χ0n) is 16.8. The van der Waals surface area contributed by atoms with E-state index in [1.54, 1.807) is 12.1 Å². The lowest BCUT2D eigenvalue weighted by Gasteiger charge is -2.25. The van der Waals surface area contributed by atoms with Gasteiger partial charge in [-0.25, -0.2) is 0 Å². The van der Waals surface area contributed by atoms with Crippen molar-refractivity contribution in [1.82, 2.24) is 10.9 Å². The minimum atomic E-state index is -0.325. The van der Waals surface area contributed by atoms with Crippen molar-refractivity contribution < 1.29 is 24.0 Å². The summed E-state index contributed by atoms with van der Waals surface area (Å²) >= 11 is 0. The molecule has 7 heteroatoms. The molecule has 0 bridgehead atoms. The van der Waals surface area contributed by atoms with Crippen molar-refractivity contribution in [3.8, 4) is 17.2 Å². The van der Waals surface area contributed by atoms with E-state index in [4.69, 9.17) is 14.2 Å². The molecule has 0 aliphatic carbocycles. The van der Waals surface area contributed by atoms with Crippen molar-refractivity contribution in [3.63, 3.8) is 0 Å². The Kier molecular flexibility index (Phi) is 5.44. The molecule has 1 heterocycles. The average Bonchev–Trinajstić information content (AvgIpc) is 2.69. The van der Waals surface area contributed by atoms with E-state index in [-0.39, 0.29) is 11.4 Å². The third-order valence-corrected chi connectivity index (χ3v) is 4.61. The average molecular weight is 384 g/mol. The Bertz CT molecular complexity index is 897. The van der Waals surface area contributed by atoms with E-state index in [1.165, 1.54) is 26.9 Å². The Hall–Kier alpha value is -3.22. The van der Waals surface area contributed by atoms with Gasteiger partial charge in [0.05, 0.1) is 32.5 Å². The molecule has 148 valence electrons. The predicted molar refractivity (Wildman–Crippen MR) is 106 cm³/mol. The standard InChI is InChI=1S/C21H25N3O4/c1-21(2)12-13-8-6-7-9-15(13)19(22-21)23-24-20(25)14-10-16(26-3)18(28-5)17(11-14)27-4/h6-11H,12H2,1-5H3,(H,22,23)(H,24,25)/p+1. The lowest BCUT2D eigenvalue weighted by molar-refractivity contribution is -0.547. The number of amides is 1. The molecule has 0 unspecified atom stereocenters. The van der Waals surface area contributed by atoms with E-state index in [2.05, 4.69) is 35.8 Å². The van der Waals surface area contributed by atoms with Gasteiger partial charge >= 0.3 is 0 Å². The molecule has 0 saturated heterocycles. The van der Waals surface area contributed by atoms with E-state index < -0.39 is 0 Å². The fourth-order valence-corrected chi connectivity index (χ4v) is 3.35. The van der Waals surface area contributed by atoms with Gasteiger partial charge in [0.15, 0.2) is 11.5 Å². The zero-order chi connectivity index (χ0) is 20.3. The van der Waals surface area contributed by atoms with Crippen LogP contribution in [0.2, 0.25) is 0 Å². The molecule has 7 nitrogen and oxygen atoms in total. The molecule has 0 saturated carbocycles. The first kappa shape index (κ1) is 19.5. The molecular formula is C21H26N3O4+. The van der Waals surface area contributed by atoms with Crippen molar-refractivity contribution in [2.24, 2.45) is 0 Å². The highest BCUT2D eigenvalue weighted by molar-refractivity contribution is 6.00. The maximum absolute atomic E-state index is 12.7. The van der Waals surface area contributed by atoms with Gasteiger partial charge in [-0.15, -0.1) is 0 Å². The van der Waals surface area contributed by atoms with Gasteiger partial charge in [-0.2, -0.15) is 10.9 Å². The molecule has 1 aliphatic rings. The quantitative estimate of drug-likeness (QED) is 0.680. The maximum Gasteiger partial charge on any atom is 0.299 e. The third-order valence-electron chi connectivity index (χ3n) is 4.61. The van der Waals surface area contributed by atoms with Crippen LogP contribution in [0.4, 0.5) is 0 Å². The van der Waals surface area contributed by atoms with Crippen molar-refractivity contribution in [3.05, 3.63) is 53.1 Å². The molecule has 2 aromatic carbocycles. The predicted octanol–water partition coefficient (Wildman–Crippen LogP) is 0.809. The first-order valence-electron chi connectivity index (χ1n) is 8.98. The minimum Gasteiger partial charge on any atom is -0.493 e. The fourth-order valence-electron chi connectivity index (χ4n) is 3.35. The Morgan fingerprint density at radius 1 is 1.04 bits per heavy atom. The monoisotopic (exact) mass is 384 g/mol. The molecule has 0 spiro atoms. The molecule has 1 aliphatic heterocycles. The smallest absolute Gasteiger partial charge is 0.299 e. The maximum atomic E-state index is 12.7. The number of rotatable bonds is 4. The van der Waals surface area contributed by atoms with Gasteiger partial charge in [0.1, 0.15) is 5.54 Å². The fraction of sp³-hybridized carbons (Fsp3) is 0.333. The number of hydrogen-bond acceptors (Lipinski definition) is 5. The second-order valence-corrected chi connectivity index (χ2v) is 7.21. The molecule has 0 fully saturated rings. The molecule has 0 aromatic heterocycles. The van der Waals surface area contributed by atoms with Crippen molar-refractivity contribution in [2.75, 3.05) is 21.3 Å². The number of nitrogens with one attached hydrogen (secondary N) is 3. The normalized spacial score (nSPS) is 14.4. The van der Waals surface area contributed by atoms with Crippen LogP contribution in [0.3, 0.4) is 0 Å². The number of fused-ring (bicyclic) bond motifs is 1. The van der Waals surface area contributed by atoms with Crippen LogP contribution in [0.25, 0.3) is 0 Å². The number of benzene rings is 2. The van der Waals surface area contributed by atoms with Gasteiger partial charge in [0.2, 0.25) is 5.75 Å². The first-order chi connectivity index (χ1) is 13.4. The summed E-state index contributed by atoms with van der Waals surface area (Å²) in [5, 5.41) is 0. The van der Waals surface area contributed by atoms with Crippen LogP contribution in [0, 0.1) is 0 Å². The van der Waals surface area contributed by atoms with Crippen LogP contribution < -0.4 is 30.1 Å². The summed E-state index contributed by atoms with van der Waals surface area (Å²) in [4.78, 5) is 16.2. The number of carbonyl (C=O) groups is 1. The van der Waals surface area contributed by atoms with Crippen molar-refractivity contribution in [2.45, 2.75) is 25.8 Å². The summed E-state index contributed by atoms with van der Waals surface area (Å²) in [6.45, 7) is 4.23. The van der Waals surface area contributed by atoms with Crippen LogP contribution in [0.15, 0.2) is 36.4 Å². The number of amidine groups is 1. The van der Waals surface area contributed by atoms with Gasteiger partial charge in [-0.3, -0.25) is 9.79 Å². The summed E-state index contributed by atoms with van der Waals surface area (Å²) < 4.78 is 15.9. The Labute approximate surface area is 164 Å². The van der Waals surface area contributed by atoms with Gasteiger partial charge in [-0.05, 0) is 37.6 Å². The molecule has 28 heavy (non-hydrogen) atoms. The highest BCUT2D eigenvalue weighted by atomic mass is 16.5. The minimum absolute atomic E-state index is 0.131. The Balaban J connectivity index is 1.83. The second-order valence-electron chi connectivity index (χ2n) is 7.21. The molecular weight excluding hydrogens is 358 g/mol. The van der Waals surface area contributed by atoms with Crippen molar-refractivity contribution >= 4 is 11.7 Å². The zero-order valence-corrected chi connectivity index (χ0v) is 16.8. The lowest BCUT2D eigenvalue weighted by Crippen LogP contribution is -2.90. The van der Waals surface area contributed by atoms with Gasteiger partial charge in [-0.1, -0.05) is 18.2 Å². The van der Waals surface area contributed by atoms with Crippen LogP contribution in [-0.4, -0.2) is 38.6 Å². The van der Waals surface area contributed by atoms with Crippen LogP contribution in [0.5, 0.6) is 17.2 Å². The lowest BCUT2D eigenvalue weighted by atomic mass is 9.89. The van der Waals surface area contributed by atoms with Crippen molar-refractivity contribution in [1.29, 1.82) is 0 Å². The molecule has 0 atom stereocenters. The number of ether oxygens (including phenoxy) is 3. The molecule has 3 N–H and O–H groups in total. The topological polar surface area (TPSA) is 82.8 Å². The first-order valence-corrected chi connectivity index (χ1v) is 8.98. The molecule has 0 radical (unpaired) electrons. The Morgan fingerprint density at radius 3 is 2.29 bits per heavy atom. The third kappa shape index (κ3) is 3.88. The van der Waals surface area contributed by atoms with E-state index in [1.807, 2.05) is 18.2 Å². The summed E-state index contributed by atoms with van der Waals surface area (Å²) in [5.74, 6) is 1.71.